The van der Waals surface area contributed by atoms with Gasteiger partial charge in [-0.15, -0.1) is 0 Å². The first-order valence-electron chi connectivity index (χ1n) is 8.36. The second-order valence-corrected chi connectivity index (χ2v) is 5.80. The van der Waals surface area contributed by atoms with Crippen molar-refractivity contribution >= 4 is 18.0 Å². The average Bonchev–Trinajstić information content (AvgIpc) is 2.69. The summed E-state index contributed by atoms with van der Waals surface area (Å²) < 4.78 is 29.2. The van der Waals surface area contributed by atoms with Gasteiger partial charge in [0.2, 0.25) is 0 Å². The average molecular weight is 371 g/mol. The van der Waals surface area contributed by atoms with Crippen LogP contribution in [-0.2, 0) is 14.3 Å². The van der Waals surface area contributed by atoms with E-state index >= 15 is 0 Å². The van der Waals surface area contributed by atoms with Gasteiger partial charge in [-0.2, -0.15) is 0 Å². The molecule has 3 rings (SSSR count). The molecule has 140 valence electrons. The second-order valence-electron chi connectivity index (χ2n) is 5.80. The summed E-state index contributed by atoms with van der Waals surface area (Å²) in [6, 6.07) is 13.0. The Hall–Kier alpha value is -3.35. The number of halogens is 1. The van der Waals surface area contributed by atoms with E-state index in [1.165, 1.54) is 24.3 Å². The Bertz CT molecular complexity index is 852. The Kier molecular flexibility index (Phi) is 6.04. The van der Waals surface area contributed by atoms with E-state index in [9.17, 15) is 14.0 Å². The topological polar surface area (TPSA) is 73.9 Å². The van der Waals surface area contributed by atoms with Crippen molar-refractivity contribution in [2.24, 2.45) is 0 Å². The Labute approximate surface area is 155 Å². The van der Waals surface area contributed by atoms with Crippen molar-refractivity contribution in [1.29, 1.82) is 0 Å². The smallest absolute Gasteiger partial charge is 0.331 e. The number of benzene rings is 2. The third kappa shape index (κ3) is 5.57. The predicted octanol–water partition coefficient (Wildman–Crippen LogP) is 2.34. The minimum Gasteiger partial charge on any atom is -0.486 e. The van der Waals surface area contributed by atoms with Crippen LogP contribution in [-0.4, -0.2) is 37.7 Å². The SMILES string of the molecule is O=C(COC(=O)/C=C/c1cccc(F)c1)NC[C@@H]1COc2ccccc2O1. The molecule has 0 saturated carbocycles. The van der Waals surface area contributed by atoms with E-state index in [0.29, 0.717) is 23.7 Å². The van der Waals surface area contributed by atoms with Crippen molar-refractivity contribution in [3.8, 4) is 11.5 Å². The van der Waals surface area contributed by atoms with E-state index < -0.39 is 24.3 Å². The molecular weight excluding hydrogens is 353 g/mol. The summed E-state index contributed by atoms with van der Waals surface area (Å²) in [7, 11) is 0. The minimum atomic E-state index is -0.694. The van der Waals surface area contributed by atoms with Gasteiger partial charge < -0.3 is 19.5 Å². The molecule has 0 unspecified atom stereocenters. The van der Waals surface area contributed by atoms with E-state index in [1.54, 1.807) is 18.2 Å². The maximum absolute atomic E-state index is 13.0. The largest absolute Gasteiger partial charge is 0.486 e. The van der Waals surface area contributed by atoms with Crippen LogP contribution in [0.25, 0.3) is 6.08 Å². The van der Waals surface area contributed by atoms with Gasteiger partial charge in [0, 0.05) is 6.08 Å². The van der Waals surface area contributed by atoms with E-state index in [2.05, 4.69) is 5.32 Å². The summed E-state index contributed by atoms with van der Waals surface area (Å²) in [5.41, 5.74) is 0.520. The molecule has 0 bridgehead atoms. The van der Waals surface area contributed by atoms with E-state index in [0.717, 1.165) is 6.08 Å². The number of esters is 1. The highest BCUT2D eigenvalue weighted by Gasteiger charge is 2.21. The Morgan fingerprint density at radius 2 is 2.00 bits per heavy atom. The minimum absolute atomic E-state index is 0.226. The molecular formula is C20H18FNO5. The lowest BCUT2D eigenvalue weighted by molar-refractivity contribution is -0.143. The summed E-state index contributed by atoms with van der Waals surface area (Å²) >= 11 is 0. The van der Waals surface area contributed by atoms with E-state index in [1.807, 2.05) is 12.1 Å². The van der Waals surface area contributed by atoms with Crippen LogP contribution in [0.3, 0.4) is 0 Å². The van der Waals surface area contributed by atoms with Gasteiger partial charge in [-0.25, -0.2) is 9.18 Å². The van der Waals surface area contributed by atoms with Crippen LogP contribution in [0.1, 0.15) is 5.56 Å². The molecule has 1 aliphatic heterocycles. The third-order valence-electron chi connectivity index (χ3n) is 3.70. The van der Waals surface area contributed by atoms with Crippen LogP contribution in [0, 0.1) is 5.82 Å². The number of ether oxygens (including phenoxy) is 3. The highest BCUT2D eigenvalue weighted by molar-refractivity contribution is 5.89. The van der Waals surface area contributed by atoms with Crippen molar-refractivity contribution in [2.75, 3.05) is 19.8 Å². The van der Waals surface area contributed by atoms with Crippen LogP contribution < -0.4 is 14.8 Å². The molecule has 1 heterocycles. The van der Waals surface area contributed by atoms with Crippen LogP contribution in [0.5, 0.6) is 11.5 Å². The van der Waals surface area contributed by atoms with Gasteiger partial charge in [-0.1, -0.05) is 24.3 Å². The molecule has 1 aliphatic rings. The molecule has 6 nitrogen and oxygen atoms in total. The summed E-state index contributed by atoms with van der Waals surface area (Å²) in [6.07, 6.45) is 2.22. The fourth-order valence-electron chi connectivity index (χ4n) is 2.40. The number of hydrogen-bond acceptors (Lipinski definition) is 5. The second kappa shape index (κ2) is 8.84. The number of hydrogen-bond donors (Lipinski definition) is 1. The zero-order valence-corrected chi connectivity index (χ0v) is 14.4. The maximum Gasteiger partial charge on any atom is 0.331 e. The fraction of sp³-hybridized carbons (Fsp3) is 0.200. The monoisotopic (exact) mass is 371 g/mol. The number of carbonyl (C=O) groups excluding carboxylic acids is 2. The van der Waals surface area contributed by atoms with Crippen molar-refractivity contribution < 1.29 is 28.2 Å². The quantitative estimate of drug-likeness (QED) is 0.623. The van der Waals surface area contributed by atoms with Gasteiger partial charge in [0.1, 0.15) is 18.5 Å². The predicted molar refractivity (Wildman–Crippen MR) is 95.8 cm³/mol. The van der Waals surface area contributed by atoms with Crippen LogP contribution in [0.15, 0.2) is 54.6 Å². The molecule has 2 aromatic rings. The molecule has 0 fully saturated rings. The lowest BCUT2D eigenvalue weighted by Gasteiger charge is -2.26. The fourth-order valence-corrected chi connectivity index (χ4v) is 2.40. The molecule has 27 heavy (non-hydrogen) atoms. The molecule has 0 radical (unpaired) electrons. The van der Waals surface area contributed by atoms with Gasteiger partial charge in [-0.3, -0.25) is 4.79 Å². The summed E-state index contributed by atoms with van der Waals surface area (Å²) in [6.45, 7) is 0.119. The molecule has 1 N–H and O–H groups in total. The molecule has 0 spiro atoms. The lowest BCUT2D eigenvalue weighted by atomic mass is 10.2. The van der Waals surface area contributed by atoms with Gasteiger partial charge in [0.15, 0.2) is 18.1 Å². The van der Waals surface area contributed by atoms with Crippen LogP contribution in [0.2, 0.25) is 0 Å². The molecule has 2 aromatic carbocycles. The Morgan fingerprint density at radius 1 is 1.19 bits per heavy atom. The van der Waals surface area contributed by atoms with Gasteiger partial charge in [0.25, 0.3) is 5.91 Å². The highest BCUT2D eigenvalue weighted by atomic mass is 19.1. The highest BCUT2D eigenvalue weighted by Crippen LogP contribution is 2.30. The molecule has 7 heteroatoms. The number of fused-ring (bicyclic) bond motifs is 1. The first-order chi connectivity index (χ1) is 13.1. The number of para-hydroxylation sites is 2. The van der Waals surface area contributed by atoms with Gasteiger partial charge >= 0.3 is 5.97 Å². The van der Waals surface area contributed by atoms with E-state index in [-0.39, 0.29) is 12.6 Å². The number of carbonyl (C=O) groups is 2. The zero-order chi connectivity index (χ0) is 19.1. The molecule has 0 saturated heterocycles. The van der Waals surface area contributed by atoms with Crippen molar-refractivity contribution in [1.82, 2.24) is 5.32 Å². The first-order valence-corrected chi connectivity index (χ1v) is 8.36. The number of nitrogens with one attached hydrogen (secondary N) is 1. The van der Waals surface area contributed by atoms with Crippen molar-refractivity contribution in [3.63, 3.8) is 0 Å². The molecule has 0 aromatic heterocycles. The third-order valence-corrected chi connectivity index (χ3v) is 3.70. The van der Waals surface area contributed by atoms with E-state index in [4.69, 9.17) is 14.2 Å². The van der Waals surface area contributed by atoms with Crippen LogP contribution in [0.4, 0.5) is 4.39 Å². The summed E-state index contributed by atoms with van der Waals surface area (Å²) in [5, 5.41) is 2.62. The lowest BCUT2D eigenvalue weighted by Crippen LogP contribution is -2.42. The maximum atomic E-state index is 13.0. The summed E-state index contributed by atoms with van der Waals surface area (Å²) in [4.78, 5) is 23.4. The molecule has 1 atom stereocenters. The first kappa shape index (κ1) is 18.4. The number of amides is 1. The van der Waals surface area contributed by atoms with Crippen molar-refractivity contribution in [2.45, 2.75) is 6.10 Å². The Balaban J connectivity index is 1.38. The number of rotatable bonds is 6. The van der Waals surface area contributed by atoms with Crippen LogP contribution >= 0.6 is 0 Å². The standard InChI is InChI=1S/C20H18FNO5/c21-15-5-3-4-14(10-15)8-9-20(24)26-13-19(23)22-11-16-12-25-17-6-1-2-7-18(17)27-16/h1-10,16H,11-13H2,(H,22,23)/b9-8+/t16-/m1/s1. The molecule has 0 aliphatic carbocycles. The Morgan fingerprint density at radius 3 is 2.81 bits per heavy atom. The zero-order valence-electron chi connectivity index (χ0n) is 14.4. The van der Waals surface area contributed by atoms with Gasteiger partial charge in [0.05, 0.1) is 6.54 Å². The van der Waals surface area contributed by atoms with Gasteiger partial charge in [-0.05, 0) is 35.9 Å². The molecule has 1 amide bonds. The van der Waals surface area contributed by atoms with Crippen molar-refractivity contribution in [3.05, 3.63) is 66.0 Å². The normalized spacial score (nSPS) is 15.4. The summed E-state index contributed by atoms with van der Waals surface area (Å²) in [5.74, 6) is -0.261.